The summed E-state index contributed by atoms with van der Waals surface area (Å²) in [4.78, 5) is 27.2. The van der Waals surface area contributed by atoms with E-state index in [9.17, 15) is 9.59 Å². The number of halogens is 5. The van der Waals surface area contributed by atoms with E-state index >= 15 is 0 Å². The minimum atomic E-state index is -1.50. The van der Waals surface area contributed by atoms with E-state index in [1.54, 1.807) is 27.0 Å². The molecule has 132 valence electrons. The van der Waals surface area contributed by atoms with E-state index in [1.807, 2.05) is 0 Å². The molecule has 2 amide bonds. The quantitative estimate of drug-likeness (QED) is 0.505. The molecular weight excluding hydrogens is 405 g/mol. The van der Waals surface area contributed by atoms with E-state index in [4.69, 9.17) is 58.0 Å². The van der Waals surface area contributed by atoms with Crippen LogP contribution in [0, 0.1) is 11.8 Å². The Labute approximate surface area is 161 Å². The molecule has 0 radical (unpaired) electrons. The Morgan fingerprint density at radius 2 is 1.70 bits per heavy atom. The average molecular weight is 425 g/mol. The van der Waals surface area contributed by atoms with E-state index in [2.05, 4.69) is 0 Å². The van der Waals surface area contributed by atoms with Crippen LogP contribution in [0.25, 0.3) is 0 Å². The first-order valence-electron chi connectivity index (χ1n) is 6.99. The summed E-state index contributed by atoms with van der Waals surface area (Å²) in [5, 5.41) is 0. The summed E-state index contributed by atoms with van der Waals surface area (Å²) in [6.45, 7) is 3.48. The number of carbonyl (C=O) groups is 2. The third-order valence-corrected chi connectivity index (χ3v) is 5.85. The van der Waals surface area contributed by atoms with Crippen LogP contribution in [0.15, 0.2) is 11.8 Å². The molecule has 1 heterocycles. The fraction of sp³-hybridized carbons (Fsp3) is 0.714. The van der Waals surface area contributed by atoms with Crippen molar-refractivity contribution in [1.82, 2.24) is 9.80 Å². The molecule has 1 aliphatic heterocycles. The van der Waals surface area contributed by atoms with Crippen LogP contribution in [0.4, 0.5) is 0 Å². The molecule has 0 N–H and O–H groups in total. The van der Waals surface area contributed by atoms with Crippen LogP contribution >= 0.6 is 58.0 Å². The number of nitrogens with zero attached hydrogens (tertiary/aromatic N) is 2. The van der Waals surface area contributed by atoms with Gasteiger partial charge in [-0.15, -0.1) is 23.2 Å². The molecule has 0 aromatic carbocycles. The summed E-state index contributed by atoms with van der Waals surface area (Å²) in [5.74, 6) is -1.22. The highest BCUT2D eigenvalue weighted by molar-refractivity contribution is 6.67. The second kappa shape index (κ2) is 8.01. The summed E-state index contributed by atoms with van der Waals surface area (Å²) < 4.78 is -1.50. The largest absolute Gasteiger partial charge is 0.328 e. The molecule has 0 spiro atoms. The van der Waals surface area contributed by atoms with Gasteiger partial charge in [0.05, 0.1) is 0 Å². The Morgan fingerprint density at radius 3 is 2.13 bits per heavy atom. The lowest BCUT2D eigenvalue weighted by molar-refractivity contribution is -0.149. The first kappa shape index (κ1) is 21.2. The smallest absolute Gasteiger partial charge is 0.270 e. The van der Waals surface area contributed by atoms with Gasteiger partial charge in [-0.3, -0.25) is 9.59 Å². The van der Waals surface area contributed by atoms with Gasteiger partial charge in [0.2, 0.25) is 5.91 Å². The van der Waals surface area contributed by atoms with E-state index in [0.717, 1.165) is 0 Å². The zero-order valence-electron chi connectivity index (χ0n) is 13.2. The number of hydrogen-bond donors (Lipinski definition) is 0. The highest BCUT2D eigenvalue weighted by Crippen LogP contribution is 2.38. The summed E-state index contributed by atoms with van der Waals surface area (Å²) in [5.41, 5.74) is 0.245. The van der Waals surface area contributed by atoms with Gasteiger partial charge in [0.25, 0.3) is 5.91 Å². The number of carbonyl (C=O) groups excluding carboxylic acids is 2. The maximum absolute atomic E-state index is 12.6. The molecule has 3 atom stereocenters. The van der Waals surface area contributed by atoms with Gasteiger partial charge in [0, 0.05) is 25.9 Å². The number of likely N-dealkylation sites (N-methyl/N-ethyl adjacent to an activating group) is 2. The maximum atomic E-state index is 12.6. The second-order valence-corrected chi connectivity index (χ2v) is 9.29. The number of hydrogen-bond acceptors (Lipinski definition) is 2. The Kier molecular flexibility index (Phi) is 7.37. The molecule has 1 rings (SSSR count). The maximum Gasteiger partial charge on any atom is 0.270 e. The zero-order valence-corrected chi connectivity index (χ0v) is 17.0. The summed E-state index contributed by atoms with van der Waals surface area (Å²) in [6, 6.07) is -0.687. The van der Waals surface area contributed by atoms with E-state index in [-0.39, 0.29) is 29.9 Å². The van der Waals surface area contributed by atoms with Crippen LogP contribution in [0.2, 0.25) is 0 Å². The fourth-order valence-corrected chi connectivity index (χ4v) is 2.62. The Bertz CT molecular complexity index is 504. The lowest BCUT2D eigenvalue weighted by Gasteiger charge is -2.40. The van der Waals surface area contributed by atoms with Gasteiger partial charge in [-0.05, 0) is 12.5 Å². The van der Waals surface area contributed by atoms with Crippen molar-refractivity contribution >= 4 is 69.8 Å². The van der Waals surface area contributed by atoms with Crippen LogP contribution < -0.4 is 0 Å². The SMILES string of the molecule is C[C@@H](/C=C1/C(=O)N(C)C(C[C@H](C)C(Cl)(Cl)Cl)C(=O)N1C)C(Cl)Cl. The van der Waals surface area contributed by atoms with Crippen molar-refractivity contribution < 1.29 is 9.59 Å². The molecule has 0 aliphatic carbocycles. The topological polar surface area (TPSA) is 40.6 Å². The van der Waals surface area contributed by atoms with Gasteiger partial charge in [0.15, 0.2) is 3.79 Å². The average Bonchev–Trinajstić information content (AvgIpc) is 2.44. The standard InChI is InChI=1S/C14H19Cl5N2O2/c1-7(11(15)16)5-9-12(22)21(4)10(13(23)20(9)3)6-8(2)14(17,18)19/h5,7-8,10-11H,6H2,1-4H3/b9-5-/t7-,8-,10?/m0/s1. The first-order valence-corrected chi connectivity index (χ1v) is 9.00. The number of allylic oxidation sites excluding steroid dienone is 1. The Morgan fingerprint density at radius 1 is 1.17 bits per heavy atom. The lowest BCUT2D eigenvalue weighted by atomic mass is 9.97. The zero-order chi connectivity index (χ0) is 18.1. The minimum absolute atomic E-state index is 0.243. The third kappa shape index (κ3) is 5.05. The van der Waals surface area contributed by atoms with Crippen LogP contribution in [-0.4, -0.2) is 50.4 Å². The molecule has 1 fully saturated rings. The fourth-order valence-electron chi connectivity index (χ4n) is 2.21. The molecule has 9 heteroatoms. The van der Waals surface area contributed by atoms with Gasteiger partial charge in [0.1, 0.15) is 16.6 Å². The van der Waals surface area contributed by atoms with Gasteiger partial charge in [-0.1, -0.05) is 48.7 Å². The minimum Gasteiger partial charge on any atom is -0.328 e. The van der Waals surface area contributed by atoms with E-state index in [0.29, 0.717) is 0 Å². The molecule has 0 bridgehead atoms. The van der Waals surface area contributed by atoms with Gasteiger partial charge in [-0.2, -0.15) is 0 Å². The van der Waals surface area contributed by atoms with Gasteiger partial charge < -0.3 is 9.80 Å². The molecule has 1 unspecified atom stereocenters. The monoisotopic (exact) mass is 422 g/mol. The number of rotatable bonds is 4. The van der Waals surface area contributed by atoms with E-state index in [1.165, 1.54) is 16.8 Å². The van der Waals surface area contributed by atoms with Gasteiger partial charge >= 0.3 is 0 Å². The highest BCUT2D eigenvalue weighted by atomic mass is 35.6. The molecule has 0 aromatic rings. The summed E-state index contributed by atoms with van der Waals surface area (Å²) >= 11 is 29.2. The van der Waals surface area contributed by atoms with Crippen LogP contribution in [0.5, 0.6) is 0 Å². The first-order chi connectivity index (χ1) is 10.4. The number of amides is 2. The molecule has 23 heavy (non-hydrogen) atoms. The molecule has 4 nitrogen and oxygen atoms in total. The van der Waals surface area contributed by atoms with Crippen molar-refractivity contribution in [3.05, 3.63) is 11.8 Å². The number of piperazine rings is 1. The molecule has 0 aromatic heterocycles. The van der Waals surface area contributed by atoms with Crippen LogP contribution in [-0.2, 0) is 9.59 Å². The molecule has 1 aliphatic rings. The van der Waals surface area contributed by atoms with Crippen molar-refractivity contribution in [2.45, 2.75) is 34.9 Å². The molecule has 0 saturated carbocycles. The number of alkyl halides is 5. The van der Waals surface area contributed by atoms with Crippen molar-refractivity contribution in [2.24, 2.45) is 11.8 Å². The summed E-state index contributed by atoms with van der Waals surface area (Å²) in [7, 11) is 3.09. The lowest BCUT2D eigenvalue weighted by Crippen LogP contribution is -2.56. The highest BCUT2D eigenvalue weighted by Gasteiger charge is 2.42. The predicted molar refractivity (Wildman–Crippen MR) is 96.1 cm³/mol. The van der Waals surface area contributed by atoms with E-state index < -0.39 is 20.6 Å². The second-order valence-electron chi connectivity index (χ2n) is 5.75. The Hall–Kier alpha value is 0.130. The van der Waals surface area contributed by atoms with Crippen molar-refractivity contribution in [1.29, 1.82) is 0 Å². The molecular formula is C14H19Cl5N2O2. The predicted octanol–water partition coefficient (Wildman–Crippen LogP) is 4.01. The summed E-state index contributed by atoms with van der Waals surface area (Å²) in [6.07, 6.45) is 1.84. The molecule has 1 saturated heterocycles. The Balaban J connectivity index is 3.05. The third-order valence-electron chi connectivity index (χ3n) is 3.94. The van der Waals surface area contributed by atoms with Gasteiger partial charge in [-0.25, -0.2) is 0 Å². The normalized spacial score (nSPS) is 24.6. The van der Waals surface area contributed by atoms with Crippen LogP contribution in [0.1, 0.15) is 20.3 Å². The van der Waals surface area contributed by atoms with Crippen molar-refractivity contribution in [3.63, 3.8) is 0 Å². The van der Waals surface area contributed by atoms with Crippen molar-refractivity contribution in [2.75, 3.05) is 14.1 Å². The van der Waals surface area contributed by atoms with Crippen molar-refractivity contribution in [3.8, 4) is 0 Å². The van der Waals surface area contributed by atoms with Crippen LogP contribution in [0.3, 0.4) is 0 Å².